The molecule has 3 aromatic rings. The van der Waals surface area contributed by atoms with Gasteiger partial charge >= 0.3 is 0 Å². The lowest BCUT2D eigenvalue weighted by Gasteiger charge is -2.20. The normalized spacial score (nSPS) is 13.4. The molecule has 2 atom stereocenters. The number of aryl methyl sites for hydroxylation is 1. The number of halogens is 1. The Morgan fingerprint density at radius 3 is 2.85 bits per heavy atom. The molecule has 2 unspecified atom stereocenters. The van der Waals surface area contributed by atoms with E-state index in [1.54, 1.807) is 6.07 Å². The summed E-state index contributed by atoms with van der Waals surface area (Å²) >= 11 is 7.59. The Bertz CT molecular complexity index is 892. The maximum absolute atomic E-state index is 12.5. The van der Waals surface area contributed by atoms with E-state index in [4.69, 9.17) is 16.1 Å². The van der Waals surface area contributed by atoms with Crippen molar-refractivity contribution in [1.29, 1.82) is 0 Å². The minimum atomic E-state index is -0.350. The average Bonchev–Trinajstić information content (AvgIpc) is 3.33. The standard InChI is InChI=1S/C19H20ClN3O2S/c1-4-11(2)16(21-18(24)15-6-5-9-26-15)19-22-17(23-25-19)13-8-7-12(3)14(20)10-13/h5-11,16H,4H2,1-3H3,(H,21,24). The highest BCUT2D eigenvalue weighted by molar-refractivity contribution is 7.12. The summed E-state index contributed by atoms with van der Waals surface area (Å²) in [6.45, 7) is 6.05. The van der Waals surface area contributed by atoms with Crippen molar-refractivity contribution >= 4 is 28.8 Å². The lowest BCUT2D eigenvalue weighted by atomic mass is 9.99. The van der Waals surface area contributed by atoms with E-state index in [-0.39, 0.29) is 17.9 Å². The molecule has 0 aliphatic carbocycles. The van der Waals surface area contributed by atoms with Crippen molar-refractivity contribution in [3.63, 3.8) is 0 Å². The van der Waals surface area contributed by atoms with Gasteiger partial charge in [0, 0.05) is 10.6 Å². The molecule has 1 aromatic carbocycles. The average molecular weight is 390 g/mol. The summed E-state index contributed by atoms with van der Waals surface area (Å²) in [6.07, 6.45) is 0.865. The Morgan fingerprint density at radius 1 is 1.38 bits per heavy atom. The Kier molecular flexibility index (Phi) is 5.74. The number of nitrogens with zero attached hydrogens (tertiary/aromatic N) is 2. The first-order chi connectivity index (χ1) is 12.5. The van der Waals surface area contributed by atoms with Gasteiger partial charge < -0.3 is 9.84 Å². The van der Waals surface area contributed by atoms with Crippen molar-refractivity contribution in [2.24, 2.45) is 5.92 Å². The van der Waals surface area contributed by atoms with Gasteiger partial charge in [0.1, 0.15) is 6.04 Å². The Hall–Kier alpha value is -2.18. The number of nitrogens with one attached hydrogen (secondary N) is 1. The molecule has 136 valence electrons. The molecule has 0 radical (unpaired) electrons. The predicted molar refractivity (Wildman–Crippen MR) is 103 cm³/mol. The van der Waals surface area contributed by atoms with Gasteiger partial charge in [-0.15, -0.1) is 11.3 Å². The highest BCUT2D eigenvalue weighted by atomic mass is 35.5. The SMILES string of the molecule is CCC(C)C(NC(=O)c1cccs1)c1nc(-c2ccc(C)c(Cl)c2)no1. The summed E-state index contributed by atoms with van der Waals surface area (Å²) in [4.78, 5) is 17.6. The van der Waals surface area contributed by atoms with E-state index < -0.39 is 0 Å². The van der Waals surface area contributed by atoms with Gasteiger partial charge in [-0.05, 0) is 35.9 Å². The van der Waals surface area contributed by atoms with Gasteiger partial charge in [0.05, 0.1) is 4.88 Å². The molecule has 0 aliphatic rings. The number of hydrogen-bond acceptors (Lipinski definition) is 5. The molecule has 0 saturated heterocycles. The Balaban J connectivity index is 1.86. The van der Waals surface area contributed by atoms with Crippen LogP contribution in [0.3, 0.4) is 0 Å². The minimum absolute atomic E-state index is 0.136. The number of thiophene rings is 1. The van der Waals surface area contributed by atoms with E-state index >= 15 is 0 Å². The van der Waals surface area contributed by atoms with E-state index in [0.717, 1.165) is 17.5 Å². The number of aromatic nitrogens is 2. The molecule has 2 aromatic heterocycles. The summed E-state index contributed by atoms with van der Waals surface area (Å²) < 4.78 is 5.48. The van der Waals surface area contributed by atoms with Crippen molar-refractivity contribution in [2.45, 2.75) is 33.2 Å². The lowest BCUT2D eigenvalue weighted by Crippen LogP contribution is -2.32. The van der Waals surface area contributed by atoms with Crippen LogP contribution in [0.2, 0.25) is 5.02 Å². The van der Waals surface area contributed by atoms with Crippen molar-refractivity contribution in [2.75, 3.05) is 0 Å². The van der Waals surface area contributed by atoms with Crippen molar-refractivity contribution in [1.82, 2.24) is 15.5 Å². The van der Waals surface area contributed by atoms with Crippen molar-refractivity contribution in [3.05, 3.63) is 57.1 Å². The molecule has 1 N–H and O–H groups in total. The first kappa shape index (κ1) is 18.6. The van der Waals surface area contributed by atoms with Gasteiger partial charge in [-0.1, -0.05) is 55.2 Å². The van der Waals surface area contributed by atoms with Crippen molar-refractivity contribution < 1.29 is 9.32 Å². The number of amides is 1. The largest absolute Gasteiger partial charge is 0.339 e. The van der Waals surface area contributed by atoms with Crippen LogP contribution in [0.15, 0.2) is 40.2 Å². The first-order valence-corrected chi connectivity index (χ1v) is 9.69. The molecule has 5 nitrogen and oxygen atoms in total. The zero-order valence-electron chi connectivity index (χ0n) is 14.8. The van der Waals surface area contributed by atoms with Gasteiger partial charge in [-0.2, -0.15) is 4.98 Å². The highest BCUT2D eigenvalue weighted by Gasteiger charge is 2.27. The third-order valence-electron chi connectivity index (χ3n) is 4.38. The third kappa shape index (κ3) is 3.97. The molecular formula is C19H20ClN3O2S. The predicted octanol–water partition coefficient (Wildman–Crippen LogP) is 5.28. The maximum atomic E-state index is 12.5. The van der Waals surface area contributed by atoms with E-state index in [0.29, 0.717) is 21.6 Å². The van der Waals surface area contributed by atoms with E-state index in [2.05, 4.69) is 22.4 Å². The molecule has 0 fully saturated rings. The monoisotopic (exact) mass is 389 g/mol. The Labute approximate surface area is 161 Å². The lowest BCUT2D eigenvalue weighted by molar-refractivity contribution is 0.0914. The molecule has 7 heteroatoms. The van der Waals surface area contributed by atoms with Crippen LogP contribution >= 0.6 is 22.9 Å². The number of carbonyl (C=O) groups is 1. The topological polar surface area (TPSA) is 68.0 Å². The number of carbonyl (C=O) groups excluding carboxylic acids is 1. The molecule has 0 saturated carbocycles. The fourth-order valence-corrected chi connectivity index (χ4v) is 3.32. The zero-order valence-corrected chi connectivity index (χ0v) is 16.4. The summed E-state index contributed by atoms with van der Waals surface area (Å²) in [5.74, 6) is 0.869. The fraction of sp³-hybridized carbons (Fsp3) is 0.316. The van der Waals surface area contributed by atoms with E-state index in [1.165, 1.54) is 11.3 Å². The van der Waals surface area contributed by atoms with Gasteiger partial charge in [0.15, 0.2) is 0 Å². The third-order valence-corrected chi connectivity index (χ3v) is 5.66. The molecule has 0 spiro atoms. The van der Waals surface area contributed by atoms with Crippen LogP contribution in [0.1, 0.15) is 47.4 Å². The van der Waals surface area contributed by atoms with Crippen LogP contribution in [0.25, 0.3) is 11.4 Å². The van der Waals surface area contributed by atoms with Crippen LogP contribution in [0.5, 0.6) is 0 Å². The summed E-state index contributed by atoms with van der Waals surface area (Å²) in [6, 6.07) is 8.92. The van der Waals surface area contributed by atoms with Crippen LogP contribution in [-0.4, -0.2) is 16.0 Å². The number of benzene rings is 1. The number of hydrogen-bond donors (Lipinski definition) is 1. The second-order valence-electron chi connectivity index (χ2n) is 6.23. The summed E-state index contributed by atoms with van der Waals surface area (Å²) in [5, 5.41) is 9.62. The molecule has 0 aliphatic heterocycles. The smallest absolute Gasteiger partial charge is 0.262 e. The Morgan fingerprint density at radius 2 is 2.19 bits per heavy atom. The molecule has 3 rings (SSSR count). The number of rotatable bonds is 6. The molecule has 2 heterocycles. The summed E-state index contributed by atoms with van der Waals surface area (Å²) in [7, 11) is 0. The summed E-state index contributed by atoms with van der Waals surface area (Å²) in [5.41, 5.74) is 1.77. The first-order valence-electron chi connectivity index (χ1n) is 8.44. The second kappa shape index (κ2) is 8.01. The van der Waals surface area contributed by atoms with Gasteiger partial charge in [-0.3, -0.25) is 4.79 Å². The minimum Gasteiger partial charge on any atom is -0.339 e. The van der Waals surface area contributed by atoms with Gasteiger partial charge in [0.2, 0.25) is 11.7 Å². The molecule has 26 heavy (non-hydrogen) atoms. The van der Waals surface area contributed by atoms with E-state index in [9.17, 15) is 4.79 Å². The quantitative estimate of drug-likeness (QED) is 0.622. The molecule has 1 amide bonds. The highest BCUT2D eigenvalue weighted by Crippen LogP contribution is 2.28. The molecule has 0 bridgehead atoms. The zero-order chi connectivity index (χ0) is 18.7. The van der Waals surface area contributed by atoms with E-state index in [1.807, 2.05) is 43.5 Å². The van der Waals surface area contributed by atoms with Crippen LogP contribution in [-0.2, 0) is 0 Å². The van der Waals surface area contributed by atoms with Crippen LogP contribution in [0, 0.1) is 12.8 Å². The fourth-order valence-electron chi connectivity index (χ4n) is 2.51. The maximum Gasteiger partial charge on any atom is 0.262 e. The van der Waals surface area contributed by atoms with Crippen LogP contribution in [0.4, 0.5) is 0 Å². The molecular weight excluding hydrogens is 370 g/mol. The van der Waals surface area contributed by atoms with Crippen molar-refractivity contribution in [3.8, 4) is 11.4 Å². The second-order valence-corrected chi connectivity index (χ2v) is 7.59. The van der Waals surface area contributed by atoms with Gasteiger partial charge in [-0.25, -0.2) is 0 Å². The van der Waals surface area contributed by atoms with Crippen LogP contribution < -0.4 is 5.32 Å². The van der Waals surface area contributed by atoms with Gasteiger partial charge in [0.25, 0.3) is 5.91 Å².